The average Bonchev–Trinajstić information content (AvgIpc) is 3.04. The molecule has 5 rings (SSSR count). The van der Waals surface area contributed by atoms with E-state index in [1.54, 1.807) is 19.1 Å². The number of carbonyl (C=O) groups is 4. The van der Waals surface area contributed by atoms with E-state index in [2.05, 4.69) is 5.32 Å². The molecule has 3 aliphatic carbocycles. The zero-order valence-electron chi connectivity index (χ0n) is 17.1. The fourth-order valence-electron chi connectivity index (χ4n) is 5.54. The maximum Gasteiger partial charge on any atom is 0.231 e. The zero-order valence-corrected chi connectivity index (χ0v) is 17.1. The van der Waals surface area contributed by atoms with Gasteiger partial charge in [0, 0.05) is 22.6 Å². The van der Waals surface area contributed by atoms with Crippen LogP contribution in [0.15, 0.2) is 52.6 Å². The van der Waals surface area contributed by atoms with Gasteiger partial charge < -0.3 is 9.84 Å². The lowest BCUT2D eigenvalue weighted by Crippen LogP contribution is -2.39. The Hall–Kier alpha value is -3.48. The van der Waals surface area contributed by atoms with Gasteiger partial charge in [0.05, 0.1) is 18.9 Å². The van der Waals surface area contributed by atoms with Crippen molar-refractivity contribution in [2.24, 2.45) is 17.8 Å². The molecule has 4 atom stereocenters. The number of allylic oxidation sites excluding steroid dienone is 6. The van der Waals surface area contributed by atoms with Crippen LogP contribution in [-0.2, 0) is 19.2 Å². The van der Waals surface area contributed by atoms with Crippen molar-refractivity contribution in [3.63, 3.8) is 0 Å². The minimum absolute atomic E-state index is 0.0748. The Morgan fingerprint density at radius 3 is 2.58 bits per heavy atom. The number of carbonyl (C=O) groups excluding carboxylic acids is 4. The van der Waals surface area contributed by atoms with Gasteiger partial charge in [-0.2, -0.15) is 0 Å². The van der Waals surface area contributed by atoms with E-state index in [1.165, 1.54) is 19.3 Å². The summed E-state index contributed by atoms with van der Waals surface area (Å²) in [5.74, 6) is -2.79. The van der Waals surface area contributed by atoms with Crippen LogP contribution in [0.1, 0.15) is 31.2 Å². The van der Waals surface area contributed by atoms with Crippen molar-refractivity contribution < 1.29 is 29.0 Å². The number of imide groups is 1. The number of aromatic hydroxyl groups is 1. The van der Waals surface area contributed by atoms with Gasteiger partial charge in [-0.05, 0) is 49.5 Å². The highest BCUT2D eigenvalue weighted by Gasteiger charge is 2.53. The minimum atomic E-state index is -0.574. The van der Waals surface area contributed by atoms with Crippen molar-refractivity contribution in [3.05, 3.63) is 58.2 Å². The van der Waals surface area contributed by atoms with Crippen LogP contribution < -0.4 is 10.1 Å². The third kappa shape index (κ3) is 2.72. The highest BCUT2D eigenvalue weighted by molar-refractivity contribution is 6.23. The van der Waals surface area contributed by atoms with Gasteiger partial charge in [0.25, 0.3) is 0 Å². The molecule has 2 amide bonds. The highest BCUT2D eigenvalue weighted by Crippen LogP contribution is 2.54. The van der Waals surface area contributed by atoms with Crippen LogP contribution in [0, 0.1) is 17.8 Å². The molecule has 1 saturated heterocycles. The van der Waals surface area contributed by atoms with Gasteiger partial charge in [0.2, 0.25) is 11.8 Å². The number of ether oxygens (including phenoxy) is 1. The number of phenols is 1. The van der Waals surface area contributed by atoms with Crippen LogP contribution in [0.25, 0.3) is 0 Å². The fraction of sp³-hybridized carbons (Fsp3) is 0.333. The number of hydrogen-bond donors (Lipinski definition) is 2. The summed E-state index contributed by atoms with van der Waals surface area (Å²) in [6.45, 7) is 1.62. The smallest absolute Gasteiger partial charge is 0.231 e. The van der Waals surface area contributed by atoms with Gasteiger partial charge >= 0.3 is 0 Å². The Morgan fingerprint density at radius 2 is 1.87 bits per heavy atom. The Labute approximate surface area is 178 Å². The predicted molar refractivity (Wildman–Crippen MR) is 109 cm³/mol. The number of Topliss-reactive ketones (excluding diaryl/α,β-unsaturated/α-hetero) is 1. The molecular formula is C24H21NO6. The van der Waals surface area contributed by atoms with Crippen LogP contribution >= 0.6 is 0 Å². The first-order valence-electron chi connectivity index (χ1n) is 10.2. The number of amides is 2. The first-order valence-corrected chi connectivity index (χ1v) is 10.2. The predicted octanol–water partition coefficient (Wildman–Crippen LogP) is 2.12. The molecule has 4 aliphatic rings. The molecule has 7 heteroatoms. The SMILES string of the molecule is COc1ccc([C@H]2C3=CC[C@@H]4C(=O)NC(=O)[C@@H]4[C@@H]3CC3=C2C(=O)C(C)=CC3=O)cc1O. The maximum absolute atomic E-state index is 13.2. The van der Waals surface area contributed by atoms with Crippen molar-refractivity contribution >= 4 is 23.4 Å². The van der Waals surface area contributed by atoms with Gasteiger partial charge in [-0.25, -0.2) is 0 Å². The van der Waals surface area contributed by atoms with Crippen LogP contribution in [0.4, 0.5) is 0 Å². The number of rotatable bonds is 2. The Bertz CT molecular complexity index is 1170. The summed E-state index contributed by atoms with van der Waals surface area (Å²) in [7, 11) is 1.45. The van der Waals surface area contributed by atoms with Gasteiger partial charge in [-0.15, -0.1) is 0 Å². The van der Waals surface area contributed by atoms with Crippen molar-refractivity contribution in [2.45, 2.75) is 25.7 Å². The molecule has 31 heavy (non-hydrogen) atoms. The third-order valence-corrected chi connectivity index (χ3v) is 6.94. The molecule has 1 aromatic rings. The lowest BCUT2D eigenvalue weighted by Gasteiger charge is -2.42. The average molecular weight is 419 g/mol. The molecule has 0 bridgehead atoms. The van der Waals surface area contributed by atoms with Crippen LogP contribution in [0.2, 0.25) is 0 Å². The van der Waals surface area contributed by atoms with Crippen LogP contribution in [0.3, 0.4) is 0 Å². The van der Waals surface area contributed by atoms with E-state index in [1.807, 2.05) is 6.08 Å². The molecule has 0 radical (unpaired) electrons. The highest BCUT2D eigenvalue weighted by atomic mass is 16.5. The summed E-state index contributed by atoms with van der Waals surface area (Å²) < 4.78 is 5.14. The van der Waals surface area contributed by atoms with E-state index in [0.29, 0.717) is 34.5 Å². The van der Waals surface area contributed by atoms with Crippen molar-refractivity contribution in [2.75, 3.05) is 7.11 Å². The Kier molecular flexibility index (Phi) is 4.25. The molecule has 0 aromatic heterocycles. The van der Waals surface area contributed by atoms with Crippen molar-refractivity contribution in [1.82, 2.24) is 5.32 Å². The van der Waals surface area contributed by atoms with E-state index in [4.69, 9.17) is 4.74 Å². The van der Waals surface area contributed by atoms with Gasteiger partial charge in [0.15, 0.2) is 23.1 Å². The second-order valence-electron chi connectivity index (χ2n) is 8.51. The summed E-state index contributed by atoms with van der Waals surface area (Å²) in [5, 5.41) is 12.8. The third-order valence-electron chi connectivity index (χ3n) is 6.94. The molecule has 2 N–H and O–H groups in total. The molecule has 158 valence electrons. The van der Waals surface area contributed by atoms with E-state index >= 15 is 0 Å². The normalized spacial score (nSPS) is 29.6. The number of ketones is 2. The van der Waals surface area contributed by atoms with E-state index in [-0.39, 0.29) is 41.5 Å². The molecule has 1 aromatic carbocycles. The molecule has 1 fully saturated rings. The van der Waals surface area contributed by atoms with Crippen LogP contribution in [0.5, 0.6) is 11.5 Å². The van der Waals surface area contributed by atoms with E-state index < -0.39 is 17.8 Å². The quantitative estimate of drug-likeness (QED) is 0.432. The standard InChI is InChI=1S/C24H21NO6/c1-10-7-16(26)15-9-14-12(4-5-13-20(14)24(30)25-23(13)29)19(21(15)22(10)28)11-3-6-18(31-2)17(27)8-11/h3-4,6-8,13-14,19-20,27H,5,9H2,1-2H3,(H,25,29,30)/t13-,14+,19-,20-/m0/s1. The summed E-state index contributed by atoms with van der Waals surface area (Å²) in [6.07, 6.45) is 3.92. The second-order valence-corrected chi connectivity index (χ2v) is 8.51. The second kappa shape index (κ2) is 6.77. The number of methoxy groups -OCH3 is 1. The molecule has 0 saturated carbocycles. The fourth-order valence-corrected chi connectivity index (χ4v) is 5.54. The molecule has 0 unspecified atom stereocenters. The zero-order chi connectivity index (χ0) is 22.0. The number of hydrogen-bond acceptors (Lipinski definition) is 6. The summed E-state index contributed by atoms with van der Waals surface area (Å²) in [4.78, 5) is 51.0. The molecular weight excluding hydrogens is 398 g/mol. The minimum Gasteiger partial charge on any atom is -0.504 e. The van der Waals surface area contributed by atoms with Crippen molar-refractivity contribution in [3.8, 4) is 11.5 Å². The number of nitrogens with one attached hydrogen (secondary N) is 1. The van der Waals surface area contributed by atoms with Gasteiger partial charge in [-0.3, -0.25) is 24.5 Å². The van der Waals surface area contributed by atoms with E-state index in [9.17, 15) is 24.3 Å². The Balaban J connectivity index is 1.71. The van der Waals surface area contributed by atoms with Gasteiger partial charge in [0.1, 0.15) is 0 Å². The summed E-state index contributed by atoms with van der Waals surface area (Å²) in [5.41, 5.74) is 2.66. The monoisotopic (exact) mass is 419 g/mol. The lowest BCUT2D eigenvalue weighted by atomic mass is 9.59. The van der Waals surface area contributed by atoms with Gasteiger partial charge in [-0.1, -0.05) is 17.7 Å². The molecule has 0 spiro atoms. The van der Waals surface area contributed by atoms with E-state index in [0.717, 1.165) is 5.57 Å². The largest absolute Gasteiger partial charge is 0.504 e. The first-order chi connectivity index (χ1) is 14.8. The topological polar surface area (TPSA) is 110 Å². The Morgan fingerprint density at radius 1 is 1.10 bits per heavy atom. The number of fused-ring (bicyclic) bond motifs is 3. The summed E-state index contributed by atoms with van der Waals surface area (Å²) in [6, 6.07) is 4.91. The molecule has 1 aliphatic heterocycles. The summed E-state index contributed by atoms with van der Waals surface area (Å²) >= 11 is 0. The maximum atomic E-state index is 13.2. The molecule has 7 nitrogen and oxygen atoms in total. The lowest BCUT2D eigenvalue weighted by molar-refractivity contribution is -0.126. The first kappa shape index (κ1) is 19.5. The molecule has 1 heterocycles. The number of benzene rings is 1. The van der Waals surface area contributed by atoms with Crippen molar-refractivity contribution in [1.29, 1.82) is 0 Å². The number of phenolic OH excluding ortho intramolecular Hbond substituents is 1. The van der Waals surface area contributed by atoms with Crippen LogP contribution in [-0.4, -0.2) is 35.6 Å².